The summed E-state index contributed by atoms with van der Waals surface area (Å²) >= 11 is 0. The molecule has 0 unspecified atom stereocenters. The number of carbonyl (C=O) groups is 1. The Balaban J connectivity index is 1.42. The zero-order valence-corrected chi connectivity index (χ0v) is 15.5. The van der Waals surface area contributed by atoms with Crippen LogP contribution in [-0.2, 0) is 6.54 Å². The Morgan fingerprint density at radius 1 is 1.00 bits per heavy atom. The summed E-state index contributed by atoms with van der Waals surface area (Å²) < 4.78 is 10.8. The second-order valence-corrected chi connectivity index (χ2v) is 6.38. The monoisotopic (exact) mass is 372 g/mol. The molecule has 1 heterocycles. The minimum atomic E-state index is -0.168. The van der Waals surface area contributed by atoms with Crippen LogP contribution in [-0.4, -0.2) is 17.7 Å². The summed E-state index contributed by atoms with van der Waals surface area (Å²) in [5.41, 5.74) is 2.19. The van der Waals surface area contributed by atoms with Gasteiger partial charge in [-0.2, -0.15) is 0 Å². The number of nitrogens with one attached hydrogen (secondary N) is 1. The number of fused-ring (bicyclic) bond motifs is 1. The number of hydrogen-bond acceptors (Lipinski definition) is 4. The number of amides is 1. The van der Waals surface area contributed by atoms with Crippen LogP contribution in [0.5, 0.6) is 5.75 Å². The van der Waals surface area contributed by atoms with Crippen molar-refractivity contribution in [3.05, 3.63) is 84.1 Å². The van der Waals surface area contributed by atoms with Crippen molar-refractivity contribution in [3.8, 4) is 17.1 Å². The highest BCUT2D eigenvalue weighted by atomic mass is 16.5. The summed E-state index contributed by atoms with van der Waals surface area (Å²) in [4.78, 5) is 12.3. The molecule has 0 fully saturated rings. The molecule has 0 saturated carbocycles. The Labute approximate surface area is 162 Å². The van der Waals surface area contributed by atoms with Crippen molar-refractivity contribution < 1.29 is 14.1 Å². The average Bonchev–Trinajstić information content (AvgIpc) is 3.21. The number of benzene rings is 3. The van der Waals surface area contributed by atoms with E-state index in [1.807, 2.05) is 31.2 Å². The molecule has 0 bridgehead atoms. The minimum absolute atomic E-state index is 0.168. The van der Waals surface area contributed by atoms with Gasteiger partial charge < -0.3 is 14.6 Å². The van der Waals surface area contributed by atoms with Crippen molar-refractivity contribution in [3.63, 3.8) is 0 Å². The summed E-state index contributed by atoms with van der Waals surface area (Å²) in [6.45, 7) is 2.81. The van der Waals surface area contributed by atoms with Crippen molar-refractivity contribution in [1.82, 2.24) is 10.5 Å². The molecule has 1 amide bonds. The fourth-order valence-electron chi connectivity index (χ4n) is 3.02. The number of ether oxygens (including phenoxy) is 1. The highest BCUT2D eigenvalue weighted by molar-refractivity contribution is 5.94. The fourth-order valence-corrected chi connectivity index (χ4v) is 3.02. The molecule has 0 aliphatic heterocycles. The van der Waals surface area contributed by atoms with E-state index in [0.29, 0.717) is 30.2 Å². The summed E-state index contributed by atoms with van der Waals surface area (Å²) in [6.07, 6.45) is 0. The number of hydrogen-bond donors (Lipinski definition) is 1. The highest BCUT2D eigenvalue weighted by Gasteiger charge is 2.10. The minimum Gasteiger partial charge on any atom is -0.494 e. The van der Waals surface area contributed by atoms with Gasteiger partial charge in [0.05, 0.1) is 13.2 Å². The van der Waals surface area contributed by atoms with Crippen molar-refractivity contribution in [2.75, 3.05) is 6.61 Å². The second-order valence-electron chi connectivity index (χ2n) is 6.38. The third-order valence-electron chi connectivity index (χ3n) is 4.45. The van der Waals surface area contributed by atoms with Crippen LogP contribution in [0.4, 0.5) is 0 Å². The number of aromatic nitrogens is 1. The summed E-state index contributed by atoms with van der Waals surface area (Å²) in [7, 11) is 0. The van der Waals surface area contributed by atoms with Crippen molar-refractivity contribution >= 4 is 16.7 Å². The van der Waals surface area contributed by atoms with Crippen LogP contribution < -0.4 is 10.1 Å². The van der Waals surface area contributed by atoms with Crippen LogP contribution in [0.2, 0.25) is 0 Å². The molecule has 140 valence electrons. The molecule has 4 aromatic rings. The molecule has 0 aliphatic rings. The van der Waals surface area contributed by atoms with Gasteiger partial charge in [-0.15, -0.1) is 0 Å². The third kappa shape index (κ3) is 3.88. The summed E-state index contributed by atoms with van der Waals surface area (Å²) in [5, 5.41) is 9.24. The maximum absolute atomic E-state index is 12.3. The SMILES string of the molecule is CCOc1ccc(C(=O)NCc2cc(-c3ccc4ccccc4c3)on2)cc1. The lowest BCUT2D eigenvalue weighted by Crippen LogP contribution is -2.22. The third-order valence-corrected chi connectivity index (χ3v) is 4.45. The van der Waals surface area contributed by atoms with Crippen LogP contribution >= 0.6 is 0 Å². The molecule has 5 heteroatoms. The molecular formula is C23H20N2O3. The van der Waals surface area contributed by atoms with Gasteiger partial charge in [0.2, 0.25) is 0 Å². The van der Waals surface area contributed by atoms with Crippen LogP contribution in [0.1, 0.15) is 23.0 Å². The maximum Gasteiger partial charge on any atom is 0.251 e. The standard InChI is InChI=1S/C23H20N2O3/c1-2-27-21-11-9-17(10-12-21)23(26)24-15-20-14-22(28-25-20)19-8-7-16-5-3-4-6-18(16)13-19/h3-14H,2,15H2,1H3,(H,24,26). The van der Waals surface area contributed by atoms with E-state index in [-0.39, 0.29) is 5.91 Å². The smallest absolute Gasteiger partial charge is 0.251 e. The number of carbonyl (C=O) groups excluding carboxylic acids is 1. The van der Waals surface area contributed by atoms with E-state index < -0.39 is 0 Å². The first-order chi connectivity index (χ1) is 13.7. The Kier molecular flexibility index (Phi) is 5.06. The van der Waals surface area contributed by atoms with Gasteiger partial charge in [0.1, 0.15) is 11.4 Å². The molecule has 0 aliphatic carbocycles. The van der Waals surface area contributed by atoms with E-state index in [9.17, 15) is 4.79 Å². The molecule has 4 rings (SSSR count). The first kappa shape index (κ1) is 17.8. The van der Waals surface area contributed by atoms with Crippen molar-refractivity contribution in [1.29, 1.82) is 0 Å². The van der Waals surface area contributed by atoms with E-state index >= 15 is 0 Å². The molecule has 28 heavy (non-hydrogen) atoms. The molecule has 5 nitrogen and oxygen atoms in total. The molecule has 0 spiro atoms. The summed E-state index contributed by atoms with van der Waals surface area (Å²) in [6, 6.07) is 23.2. The predicted molar refractivity (Wildman–Crippen MR) is 108 cm³/mol. The van der Waals surface area contributed by atoms with Crippen molar-refractivity contribution in [2.24, 2.45) is 0 Å². The molecule has 0 atom stereocenters. The normalized spacial score (nSPS) is 10.8. The van der Waals surface area contributed by atoms with Crippen LogP contribution in [0.25, 0.3) is 22.1 Å². The van der Waals surface area contributed by atoms with Gasteiger partial charge in [-0.3, -0.25) is 4.79 Å². The predicted octanol–water partition coefficient (Wildman–Crippen LogP) is 4.82. The fraction of sp³-hybridized carbons (Fsp3) is 0.130. The van der Waals surface area contributed by atoms with Gasteiger partial charge in [-0.05, 0) is 48.0 Å². The topological polar surface area (TPSA) is 64.4 Å². The van der Waals surface area contributed by atoms with Gasteiger partial charge in [-0.1, -0.05) is 41.6 Å². The lowest BCUT2D eigenvalue weighted by atomic mass is 10.1. The van der Waals surface area contributed by atoms with E-state index in [2.05, 4.69) is 34.7 Å². The molecule has 1 N–H and O–H groups in total. The Bertz CT molecular complexity index is 1100. The Morgan fingerprint density at radius 2 is 1.79 bits per heavy atom. The quantitative estimate of drug-likeness (QED) is 0.527. The van der Waals surface area contributed by atoms with Crippen LogP contribution in [0.15, 0.2) is 77.3 Å². The lowest BCUT2D eigenvalue weighted by molar-refractivity contribution is 0.0950. The van der Waals surface area contributed by atoms with E-state index in [0.717, 1.165) is 16.7 Å². The van der Waals surface area contributed by atoms with E-state index in [1.165, 1.54) is 5.39 Å². The molecule has 3 aromatic carbocycles. The average molecular weight is 372 g/mol. The van der Waals surface area contributed by atoms with Gasteiger partial charge in [0, 0.05) is 17.2 Å². The van der Waals surface area contributed by atoms with Gasteiger partial charge >= 0.3 is 0 Å². The number of nitrogens with zero attached hydrogens (tertiary/aromatic N) is 1. The zero-order valence-electron chi connectivity index (χ0n) is 15.5. The van der Waals surface area contributed by atoms with Crippen LogP contribution in [0, 0.1) is 0 Å². The van der Waals surface area contributed by atoms with Gasteiger partial charge in [-0.25, -0.2) is 0 Å². The second kappa shape index (κ2) is 7.96. The van der Waals surface area contributed by atoms with Gasteiger partial charge in [0.15, 0.2) is 5.76 Å². The Morgan fingerprint density at radius 3 is 2.57 bits per heavy atom. The van der Waals surface area contributed by atoms with E-state index in [4.69, 9.17) is 9.26 Å². The first-order valence-electron chi connectivity index (χ1n) is 9.19. The molecular weight excluding hydrogens is 352 g/mol. The largest absolute Gasteiger partial charge is 0.494 e. The summed E-state index contributed by atoms with van der Waals surface area (Å²) in [5.74, 6) is 1.25. The van der Waals surface area contributed by atoms with E-state index in [1.54, 1.807) is 24.3 Å². The van der Waals surface area contributed by atoms with Gasteiger partial charge in [0.25, 0.3) is 5.91 Å². The zero-order chi connectivity index (χ0) is 19.3. The molecule has 0 radical (unpaired) electrons. The van der Waals surface area contributed by atoms with Crippen LogP contribution in [0.3, 0.4) is 0 Å². The first-order valence-corrected chi connectivity index (χ1v) is 9.19. The Hall–Kier alpha value is -3.60. The number of rotatable bonds is 6. The van der Waals surface area contributed by atoms with Crippen molar-refractivity contribution in [2.45, 2.75) is 13.5 Å². The molecule has 1 aromatic heterocycles. The lowest BCUT2D eigenvalue weighted by Gasteiger charge is -2.05. The highest BCUT2D eigenvalue weighted by Crippen LogP contribution is 2.25. The molecule has 0 saturated heterocycles. The maximum atomic E-state index is 12.3.